The molecule has 0 rings (SSSR count). The van der Waals surface area contributed by atoms with Gasteiger partial charge in [0.25, 0.3) is 0 Å². The van der Waals surface area contributed by atoms with E-state index in [0.717, 1.165) is 11.8 Å². The topological polar surface area (TPSA) is 55.8 Å². The molecule has 0 saturated carbocycles. The molecule has 0 aromatic heterocycles. The molecule has 0 aliphatic carbocycles. The molecule has 0 aromatic rings. The van der Waals surface area contributed by atoms with Crippen molar-refractivity contribution in [3.63, 3.8) is 0 Å². The standard InChI is InChI=1S/C7H14O4S/c1-6(2)7(9)12-5-11-4-10-3-8/h6,8H,3-5H2,1-2H3. The molecule has 0 unspecified atom stereocenters. The van der Waals surface area contributed by atoms with E-state index < -0.39 is 0 Å². The van der Waals surface area contributed by atoms with Crippen LogP contribution in [0.2, 0.25) is 0 Å². The average molecular weight is 194 g/mol. The van der Waals surface area contributed by atoms with E-state index >= 15 is 0 Å². The molecule has 12 heavy (non-hydrogen) atoms. The molecule has 0 aromatic carbocycles. The number of carbonyl (C=O) groups is 1. The molecule has 0 amide bonds. The van der Waals surface area contributed by atoms with E-state index in [4.69, 9.17) is 9.84 Å². The van der Waals surface area contributed by atoms with Crippen molar-refractivity contribution in [2.45, 2.75) is 13.8 Å². The van der Waals surface area contributed by atoms with Crippen LogP contribution in [0, 0.1) is 5.92 Å². The summed E-state index contributed by atoms with van der Waals surface area (Å²) in [5.74, 6) is 0.300. The number of hydrogen-bond donors (Lipinski definition) is 1. The maximum Gasteiger partial charge on any atom is 0.193 e. The van der Waals surface area contributed by atoms with Crippen molar-refractivity contribution in [2.24, 2.45) is 5.92 Å². The number of aliphatic hydroxyl groups excluding tert-OH is 1. The number of thioether (sulfide) groups is 1. The Labute approximate surface area is 76.2 Å². The van der Waals surface area contributed by atoms with Gasteiger partial charge in [-0.05, 0) is 0 Å². The van der Waals surface area contributed by atoms with Gasteiger partial charge in [-0.1, -0.05) is 25.6 Å². The zero-order valence-corrected chi connectivity index (χ0v) is 8.10. The lowest BCUT2D eigenvalue weighted by Crippen LogP contribution is -2.06. The minimum Gasteiger partial charge on any atom is -0.371 e. The van der Waals surface area contributed by atoms with Gasteiger partial charge in [-0.25, -0.2) is 0 Å². The second-order valence-corrected chi connectivity index (χ2v) is 3.32. The van der Waals surface area contributed by atoms with Gasteiger partial charge in [0.05, 0.1) is 0 Å². The van der Waals surface area contributed by atoms with Crippen LogP contribution in [0.25, 0.3) is 0 Å². The predicted octanol–water partition coefficient (Wildman–Crippen LogP) is 0.800. The van der Waals surface area contributed by atoms with Crippen molar-refractivity contribution in [1.82, 2.24) is 0 Å². The Morgan fingerprint density at radius 3 is 2.67 bits per heavy atom. The lowest BCUT2D eigenvalue weighted by Gasteiger charge is -2.04. The smallest absolute Gasteiger partial charge is 0.193 e. The first-order valence-electron chi connectivity index (χ1n) is 3.61. The molecule has 5 heteroatoms. The molecule has 0 saturated heterocycles. The lowest BCUT2D eigenvalue weighted by atomic mass is 10.3. The maximum atomic E-state index is 11.0. The average Bonchev–Trinajstić information content (AvgIpc) is 2.03. The summed E-state index contributed by atoms with van der Waals surface area (Å²) in [7, 11) is 0. The summed E-state index contributed by atoms with van der Waals surface area (Å²) >= 11 is 1.11. The first kappa shape index (κ1) is 11.9. The summed E-state index contributed by atoms with van der Waals surface area (Å²) in [4.78, 5) is 11.0. The molecule has 0 aliphatic heterocycles. The number of rotatable bonds is 6. The van der Waals surface area contributed by atoms with E-state index in [1.54, 1.807) is 0 Å². The van der Waals surface area contributed by atoms with E-state index in [9.17, 15) is 4.79 Å². The fourth-order valence-electron chi connectivity index (χ4n) is 0.397. The molecule has 0 atom stereocenters. The van der Waals surface area contributed by atoms with E-state index in [1.807, 2.05) is 13.8 Å². The first-order chi connectivity index (χ1) is 5.68. The van der Waals surface area contributed by atoms with E-state index in [1.165, 1.54) is 0 Å². The summed E-state index contributed by atoms with van der Waals surface area (Å²) in [5.41, 5.74) is 0. The number of carbonyl (C=O) groups excluding carboxylic acids is 1. The highest BCUT2D eigenvalue weighted by atomic mass is 32.2. The molecule has 0 heterocycles. The molecule has 0 bridgehead atoms. The zero-order chi connectivity index (χ0) is 9.40. The predicted molar refractivity (Wildman–Crippen MR) is 46.4 cm³/mol. The second-order valence-electron chi connectivity index (χ2n) is 2.39. The molecule has 0 radical (unpaired) electrons. The fourth-order valence-corrected chi connectivity index (χ4v) is 0.997. The van der Waals surface area contributed by atoms with Crippen LogP contribution in [0.1, 0.15) is 13.8 Å². The van der Waals surface area contributed by atoms with Gasteiger partial charge in [-0.3, -0.25) is 4.79 Å². The molecule has 1 N–H and O–H groups in total. The summed E-state index contributed by atoms with van der Waals surface area (Å²) in [6, 6.07) is 0. The lowest BCUT2D eigenvalue weighted by molar-refractivity contribution is -0.114. The van der Waals surface area contributed by atoms with Crippen molar-refractivity contribution in [3.8, 4) is 0 Å². The minimum absolute atomic E-state index is 0.0227. The highest BCUT2D eigenvalue weighted by Crippen LogP contribution is 2.09. The Morgan fingerprint density at radius 1 is 1.50 bits per heavy atom. The molecular weight excluding hydrogens is 180 g/mol. The van der Waals surface area contributed by atoms with Gasteiger partial charge < -0.3 is 14.6 Å². The van der Waals surface area contributed by atoms with Gasteiger partial charge in [0.2, 0.25) is 0 Å². The zero-order valence-electron chi connectivity index (χ0n) is 7.28. The molecule has 0 fully saturated rings. The van der Waals surface area contributed by atoms with Crippen LogP contribution in [0.3, 0.4) is 0 Å². The number of aliphatic hydroxyl groups is 1. The van der Waals surface area contributed by atoms with Gasteiger partial charge >= 0.3 is 0 Å². The molecule has 4 nitrogen and oxygen atoms in total. The Balaban J connectivity index is 3.14. The number of hydrogen-bond acceptors (Lipinski definition) is 5. The van der Waals surface area contributed by atoms with Crippen molar-refractivity contribution < 1.29 is 19.4 Å². The van der Waals surface area contributed by atoms with Crippen molar-refractivity contribution in [1.29, 1.82) is 0 Å². The minimum atomic E-state index is -0.358. The van der Waals surface area contributed by atoms with E-state index in [-0.39, 0.29) is 30.6 Å². The van der Waals surface area contributed by atoms with Crippen molar-refractivity contribution in [2.75, 3.05) is 19.5 Å². The Bertz CT molecular complexity index is 127. The normalized spacial score (nSPS) is 10.7. The first-order valence-corrected chi connectivity index (χ1v) is 4.60. The Kier molecular flexibility index (Phi) is 7.48. The van der Waals surface area contributed by atoms with Crippen LogP contribution >= 0.6 is 11.8 Å². The van der Waals surface area contributed by atoms with Gasteiger partial charge in [-0.15, -0.1) is 0 Å². The quantitative estimate of drug-likeness (QED) is 0.500. The SMILES string of the molecule is CC(C)C(=O)SCOCOCO. The summed E-state index contributed by atoms with van der Waals surface area (Å²) < 4.78 is 9.34. The molecular formula is C7H14O4S. The molecule has 72 valence electrons. The van der Waals surface area contributed by atoms with E-state index in [0.29, 0.717) is 0 Å². The highest BCUT2D eigenvalue weighted by Gasteiger charge is 2.06. The van der Waals surface area contributed by atoms with Gasteiger partial charge in [0, 0.05) is 5.92 Å². The monoisotopic (exact) mass is 194 g/mol. The van der Waals surface area contributed by atoms with Crippen LogP contribution in [-0.2, 0) is 14.3 Å². The van der Waals surface area contributed by atoms with Gasteiger partial charge in [0.15, 0.2) is 11.9 Å². The van der Waals surface area contributed by atoms with Gasteiger partial charge in [-0.2, -0.15) is 0 Å². The third-order valence-corrected chi connectivity index (χ3v) is 2.05. The Hall–Kier alpha value is -0.100. The summed E-state index contributed by atoms with van der Waals surface area (Å²) in [6.07, 6.45) is 0. The van der Waals surface area contributed by atoms with Crippen molar-refractivity contribution >= 4 is 16.9 Å². The fraction of sp³-hybridized carbons (Fsp3) is 0.857. The van der Waals surface area contributed by atoms with Crippen LogP contribution in [0.4, 0.5) is 0 Å². The third kappa shape index (κ3) is 6.60. The number of ether oxygens (including phenoxy) is 2. The largest absolute Gasteiger partial charge is 0.371 e. The van der Waals surface area contributed by atoms with Crippen LogP contribution in [0.15, 0.2) is 0 Å². The summed E-state index contributed by atoms with van der Waals surface area (Å²) in [6.45, 7) is 3.33. The summed E-state index contributed by atoms with van der Waals surface area (Å²) in [5, 5.41) is 8.28. The van der Waals surface area contributed by atoms with Crippen molar-refractivity contribution in [3.05, 3.63) is 0 Å². The van der Waals surface area contributed by atoms with E-state index in [2.05, 4.69) is 4.74 Å². The van der Waals surface area contributed by atoms with Crippen LogP contribution < -0.4 is 0 Å². The molecule has 0 aliphatic rings. The van der Waals surface area contributed by atoms with Crippen LogP contribution in [-0.4, -0.2) is 29.7 Å². The molecule has 0 spiro atoms. The third-order valence-electron chi connectivity index (χ3n) is 1.01. The van der Waals surface area contributed by atoms with Gasteiger partial charge in [0.1, 0.15) is 12.7 Å². The maximum absolute atomic E-state index is 11.0. The highest BCUT2D eigenvalue weighted by molar-refractivity contribution is 8.13. The second kappa shape index (κ2) is 7.54. The van der Waals surface area contributed by atoms with Crippen LogP contribution in [0.5, 0.6) is 0 Å². The Morgan fingerprint density at radius 2 is 2.17 bits per heavy atom.